The number of nitrogens with one attached hydrogen (secondary N) is 2. The first kappa shape index (κ1) is 35.2. The van der Waals surface area contributed by atoms with Gasteiger partial charge in [0.1, 0.15) is 11.5 Å². The molecule has 7 nitrogen and oxygen atoms in total. The molecule has 0 saturated carbocycles. The van der Waals surface area contributed by atoms with Crippen LogP contribution in [0.4, 0.5) is 0 Å². The molecule has 0 aliphatic rings. The van der Waals surface area contributed by atoms with Crippen LogP contribution in [0.2, 0.25) is 0 Å². The summed E-state index contributed by atoms with van der Waals surface area (Å²) in [5.74, 6) is 1.34. The lowest BCUT2D eigenvalue weighted by Crippen LogP contribution is -2.06. The molecule has 2 N–H and O–H groups in total. The van der Waals surface area contributed by atoms with Gasteiger partial charge in [0.2, 0.25) is 0 Å². The molecule has 0 unspecified atom stereocenters. The highest BCUT2D eigenvalue weighted by atomic mass is 16.5. The van der Waals surface area contributed by atoms with Gasteiger partial charge in [-0.3, -0.25) is 14.4 Å². The molecule has 41 heavy (non-hydrogen) atoms. The zero-order valence-electron chi connectivity index (χ0n) is 25.9. The topological polar surface area (TPSA) is 117 Å². The average molecular weight is 561 g/mol. The van der Waals surface area contributed by atoms with Gasteiger partial charge in [-0.1, -0.05) is 17.2 Å². The third-order valence-corrected chi connectivity index (χ3v) is 6.40. The summed E-state index contributed by atoms with van der Waals surface area (Å²) in [6.07, 6.45) is 0. The third kappa shape index (κ3) is 11.7. The third-order valence-electron chi connectivity index (χ3n) is 6.40. The highest BCUT2D eigenvalue weighted by Gasteiger charge is 2.11. The minimum absolute atomic E-state index is 0.0681. The Balaban J connectivity index is 0.000000320. The van der Waals surface area contributed by atoms with Crippen LogP contribution < -0.4 is 9.47 Å². The lowest BCUT2D eigenvalue weighted by molar-refractivity contribution is 0.100. The molecule has 0 saturated heterocycles. The summed E-state index contributed by atoms with van der Waals surface area (Å²) in [5, 5.41) is 0. The van der Waals surface area contributed by atoms with E-state index in [1.165, 1.54) is 23.6 Å². The first-order valence-corrected chi connectivity index (χ1v) is 13.6. The van der Waals surface area contributed by atoms with Crippen LogP contribution in [0, 0.1) is 41.5 Å². The van der Waals surface area contributed by atoms with Gasteiger partial charge in [0.25, 0.3) is 0 Å². The second-order valence-corrected chi connectivity index (χ2v) is 10.1. The van der Waals surface area contributed by atoms with E-state index < -0.39 is 0 Å². The molecule has 0 fully saturated rings. The molecule has 0 amide bonds. The van der Waals surface area contributed by atoms with E-state index in [1.54, 1.807) is 26.0 Å². The zero-order valence-corrected chi connectivity index (χ0v) is 25.9. The normalized spacial score (nSPS) is 10.0. The van der Waals surface area contributed by atoms with E-state index in [4.69, 9.17) is 20.9 Å². The number of hydrogen-bond acceptors (Lipinski definition) is 5. The molecule has 7 heteroatoms. The van der Waals surface area contributed by atoms with Gasteiger partial charge in [-0.2, -0.15) is 0 Å². The summed E-state index contributed by atoms with van der Waals surface area (Å²) in [7, 11) is 0. The van der Waals surface area contributed by atoms with Crippen molar-refractivity contribution in [3.05, 3.63) is 104 Å². The van der Waals surface area contributed by atoms with Gasteiger partial charge in [0.15, 0.2) is 17.3 Å². The summed E-state index contributed by atoms with van der Waals surface area (Å²) < 4.78 is 10.9. The number of ether oxygens (including phenoxy) is 2. The summed E-state index contributed by atoms with van der Waals surface area (Å²) in [5.41, 5.74) is 23.0. The van der Waals surface area contributed by atoms with Crippen molar-refractivity contribution in [3.63, 3.8) is 0 Å². The summed E-state index contributed by atoms with van der Waals surface area (Å²) >= 11 is 0. The van der Waals surface area contributed by atoms with E-state index in [1.807, 2.05) is 58.9 Å². The maximum absolute atomic E-state index is 11.4. The molecule has 3 aromatic rings. The number of Topliss-reactive ketones (excluding diaryl/α,β-unsaturated/α-hetero) is 3. The summed E-state index contributed by atoms with van der Waals surface area (Å²) in [4.78, 5) is 33.4. The number of ketones is 3. The average Bonchev–Trinajstić information content (AvgIpc) is 2.90. The molecular formula is C34H44N2O5-2. The number of carbonyl (C=O) groups is 3. The molecule has 0 spiro atoms. The second kappa shape index (κ2) is 17.1. The molecule has 0 radical (unpaired) electrons. The van der Waals surface area contributed by atoms with Crippen molar-refractivity contribution in [2.45, 2.75) is 62.3 Å². The molecule has 0 aliphatic carbocycles. The Hall–Kier alpha value is -3.81. The minimum atomic E-state index is -0.0681. The number of rotatable bonds is 9. The minimum Gasteiger partial charge on any atom is -0.675 e. The van der Waals surface area contributed by atoms with E-state index in [9.17, 15) is 14.4 Å². The van der Waals surface area contributed by atoms with E-state index in [0.29, 0.717) is 17.1 Å². The fourth-order valence-electron chi connectivity index (χ4n) is 3.90. The predicted molar refractivity (Wildman–Crippen MR) is 167 cm³/mol. The van der Waals surface area contributed by atoms with Gasteiger partial charge < -0.3 is 20.9 Å². The van der Waals surface area contributed by atoms with Gasteiger partial charge in [0.05, 0.1) is 13.2 Å². The number of benzene rings is 3. The van der Waals surface area contributed by atoms with E-state index >= 15 is 0 Å². The second-order valence-electron chi connectivity index (χ2n) is 10.1. The first-order valence-electron chi connectivity index (χ1n) is 13.6. The Morgan fingerprint density at radius 3 is 1.22 bits per heavy atom. The van der Waals surface area contributed by atoms with Crippen molar-refractivity contribution < 1.29 is 23.9 Å². The number of aryl methyl sites for hydroxylation is 4. The molecule has 0 aromatic heterocycles. The fraction of sp³-hybridized carbons (Fsp3) is 0.382. The van der Waals surface area contributed by atoms with Crippen molar-refractivity contribution in [2.75, 3.05) is 26.3 Å². The monoisotopic (exact) mass is 560 g/mol. The molecule has 0 bridgehead atoms. The van der Waals surface area contributed by atoms with Crippen molar-refractivity contribution >= 4 is 17.3 Å². The van der Waals surface area contributed by atoms with Crippen molar-refractivity contribution in [3.8, 4) is 11.5 Å². The molecular weight excluding hydrogens is 516 g/mol. The number of carbonyl (C=O) groups excluding carboxylic acids is 3. The van der Waals surface area contributed by atoms with Crippen LogP contribution in [0.25, 0.3) is 11.5 Å². The standard InChI is InChI=1S/C13H18N2O3.C11H14O.C10H12O/c1-9-12(17-5-3-14)7-11(10(2)16)8-13(9)18-6-4-15;1-7-5-11(10(4)12)6-8(2)9(7)3;1-7-4-8(2)6-10(5-7)9(3)11/h7-8,14-15H,3-6H2,1-2H3;5-6H,1-4H3;4-6H,1-3H3/q-2;;. The molecule has 0 atom stereocenters. The van der Waals surface area contributed by atoms with E-state index in [2.05, 4.69) is 13.0 Å². The van der Waals surface area contributed by atoms with Crippen LogP contribution in [0.15, 0.2) is 42.5 Å². The van der Waals surface area contributed by atoms with E-state index in [-0.39, 0.29) is 43.7 Å². The lowest BCUT2D eigenvalue weighted by atomic mass is 9.99. The molecule has 222 valence electrons. The van der Waals surface area contributed by atoms with Crippen LogP contribution in [-0.4, -0.2) is 43.7 Å². The van der Waals surface area contributed by atoms with Gasteiger partial charge in [-0.25, -0.2) is 0 Å². The molecule has 0 aliphatic heterocycles. The SMILES string of the molecule is CC(=O)c1cc(C)c(C)c(C)c1.CC(=O)c1cc(C)cc(C)c1.CC(=O)c1cc(OCC[NH-])c(C)c(OCC[NH-])c1. The first-order chi connectivity index (χ1) is 19.2. The zero-order chi connectivity index (χ0) is 31.3. The van der Waals surface area contributed by atoms with Crippen LogP contribution in [0.5, 0.6) is 11.5 Å². The Labute approximate surface area is 245 Å². The lowest BCUT2D eigenvalue weighted by Gasteiger charge is -2.16. The highest BCUT2D eigenvalue weighted by molar-refractivity contribution is 5.95. The van der Waals surface area contributed by atoms with Crippen LogP contribution in [-0.2, 0) is 0 Å². The van der Waals surface area contributed by atoms with Gasteiger partial charge in [0, 0.05) is 22.3 Å². The predicted octanol–water partition coefficient (Wildman–Crippen LogP) is 8.38. The summed E-state index contributed by atoms with van der Waals surface area (Å²) in [6, 6.07) is 13.1. The van der Waals surface area contributed by atoms with Crippen molar-refractivity contribution in [2.24, 2.45) is 0 Å². The van der Waals surface area contributed by atoms with Crippen molar-refractivity contribution in [1.29, 1.82) is 0 Å². The Bertz CT molecular complexity index is 1290. The molecule has 0 heterocycles. The summed E-state index contributed by atoms with van der Waals surface area (Å²) in [6.45, 7) is 17.5. The van der Waals surface area contributed by atoms with Crippen molar-refractivity contribution in [1.82, 2.24) is 0 Å². The Morgan fingerprint density at radius 1 is 0.537 bits per heavy atom. The van der Waals surface area contributed by atoms with Crippen LogP contribution in [0.3, 0.4) is 0 Å². The maximum Gasteiger partial charge on any atom is 0.160 e. The quantitative estimate of drug-likeness (QED) is 0.244. The molecule has 3 rings (SSSR count). The van der Waals surface area contributed by atoms with Gasteiger partial charge in [-0.15, -0.1) is 13.1 Å². The molecule has 3 aromatic carbocycles. The van der Waals surface area contributed by atoms with Gasteiger partial charge >= 0.3 is 0 Å². The van der Waals surface area contributed by atoms with Crippen LogP contribution >= 0.6 is 0 Å². The van der Waals surface area contributed by atoms with Gasteiger partial charge in [-0.05, 0) is 115 Å². The largest absolute Gasteiger partial charge is 0.675 e. The fourth-order valence-corrected chi connectivity index (χ4v) is 3.90. The van der Waals surface area contributed by atoms with Crippen LogP contribution in [0.1, 0.15) is 85.2 Å². The Morgan fingerprint density at radius 2 is 0.878 bits per heavy atom. The smallest absolute Gasteiger partial charge is 0.160 e. The Kier molecular flexibility index (Phi) is 14.7. The number of hydrogen-bond donors (Lipinski definition) is 0. The highest BCUT2D eigenvalue weighted by Crippen LogP contribution is 2.30. The van der Waals surface area contributed by atoms with E-state index in [0.717, 1.165) is 27.8 Å². The maximum atomic E-state index is 11.4.